The van der Waals surface area contributed by atoms with E-state index in [0.29, 0.717) is 29.7 Å². The molecule has 29 heavy (non-hydrogen) atoms. The molecule has 0 aliphatic heterocycles. The topological polar surface area (TPSA) is 88.4 Å². The van der Waals surface area contributed by atoms with Gasteiger partial charge in [0.05, 0.1) is 24.0 Å². The maximum Gasteiger partial charge on any atom is 0.191 e. The summed E-state index contributed by atoms with van der Waals surface area (Å²) in [6, 6.07) is 6.64. The summed E-state index contributed by atoms with van der Waals surface area (Å²) in [5.74, 6) is 0.00370. The molecule has 1 aliphatic rings. The molecule has 0 radical (unpaired) electrons. The smallest absolute Gasteiger partial charge is 0.191 e. The van der Waals surface area contributed by atoms with E-state index in [0.717, 1.165) is 5.69 Å². The van der Waals surface area contributed by atoms with E-state index in [-0.39, 0.29) is 12.3 Å². The quantitative estimate of drug-likeness (QED) is 0.530. The van der Waals surface area contributed by atoms with Gasteiger partial charge in [0.2, 0.25) is 0 Å². The largest absolute Gasteiger partial charge is 0.352 e. The zero-order chi connectivity index (χ0) is 20.9. The number of guanidine groups is 1. The van der Waals surface area contributed by atoms with Crippen molar-refractivity contribution in [1.29, 1.82) is 0 Å². The van der Waals surface area contributed by atoms with Gasteiger partial charge in [0.15, 0.2) is 15.8 Å². The highest BCUT2D eigenvalue weighted by molar-refractivity contribution is 7.89. The second-order valence-electron chi connectivity index (χ2n) is 7.49. The Morgan fingerprint density at radius 1 is 1.21 bits per heavy atom. The molecule has 2 aromatic rings. The molecule has 0 spiro atoms. The monoisotopic (exact) mass is 421 g/mol. The molecular weight excluding hydrogens is 393 g/mol. The van der Waals surface area contributed by atoms with E-state index in [4.69, 9.17) is 0 Å². The van der Waals surface area contributed by atoms with Crippen LogP contribution >= 0.6 is 0 Å². The number of halogens is 1. The van der Waals surface area contributed by atoms with Crippen molar-refractivity contribution in [1.82, 2.24) is 20.4 Å². The third-order valence-corrected chi connectivity index (χ3v) is 5.89. The first-order valence-corrected chi connectivity index (χ1v) is 11.8. The Labute approximate surface area is 171 Å². The molecule has 0 unspecified atom stereocenters. The van der Waals surface area contributed by atoms with Gasteiger partial charge in [-0.05, 0) is 42.2 Å². The van der Waals surface area contributed by atoms with Gasteiger partial charge in [0, 0.05) is 26.0 Å². The SMILES string of the molecule is CN=C(NCc1ccn(C2CCCC2)n1)NCc1cc(F)ccc1CS(C)(=O)=O. The Morgan fingerprint density at radius 3 is 2.62 bits per heavy atom. The van der Waals surface area contributed by atoms with Crippen molar-refractivity contribution in [2.45, 2.75) is 50.6 Å². The first-order chi connectivity index (χ1) is 13.8. The molecular formula is C20H28FN5O2S. The first-order valence-electron chi connectivity index (χ1n) is 9.77. The maximum absolute atomic E-state index is 13.7. The van der Waals surface area contributed by atoms with Crippen LogP contribution in [0.25, 0.3) is 0 Å². The van der Waals surface area contributed by atoms with Crippen molar-refractivity contribution in [3.8, 4) is 0 Å². The first kappa shape index (κ1) is 21.3. The van der Waals surface area contributed by atoms with Gasteiger partial charge in [-0.1, -0.05) is 18.9 Å². The minimum Gasteiger partial charge on any atom is -0.352 e. The van der Waals surface area contributed by atoms with Crippen LogP contribution in [0.5, 0.6) is 0 Å². The van der Waals surface area contributed by atoms with Crippen LogP contribution in [0, 0.1) is 5.82 Å². The molecule has 158 valence electrons. The van der Waals surface area contributed by atoms with Gasteiger partial charge >= 0.3 is 0 Å². The number of rotatable bonds is 7. The molecule has 0 amide bonds. The Kier molecular flexibility index (Phi) is 6.89. The van der Waals surface area contributed by atoms with Crippen LogP contribution in [0.1, 0.15) is 48.5 Å². The second-order valence-corrected chi connectivity index (χ2v) is 9.63. The summed E-state index contributed by atoms with van der Waals surface area (Å²) in [5, 5.41) is 10.9. The van der Waals surface area contributed by atoms with Crippen molar-refractivity contribution in [2.24, 2.45) is 4.99 Å². The summed E-state index contributed by atoms with van der Waals surface area (Å²) in [4.78, 5) is 4.18. The molecule has 0 saturated heterocycles. The van der Waals surface area contributed by atoms with E-state index < -0.39 is 15.7 Å². The lowest BCUT2D eigenvalue weighted by Crippen LogP contribution is -2.36. The zero-order valence-corrected chi connectivity index (χ0v) is 17.7. The summed E-state index contributed by atoms with van der Waals surface area (Å²) in [7, 11) is -1.57. The highest BCUT2D eigenvalue weighted by Crippen LogP contribution is 2.28. The average Bonchev–Trinajstić information content (AvgIpc) is 3.34. The lowest BCUT2D eigenvalue weighted by Gasteiger charge is -2.14. The lowest BCUT2D eigenvalue weighted by atomic mass is 10.1. The van der Waals surface area contributed by atoms with Gasteiger partial charge in [0.1, 0.15) is 5.82 Å². The fourth-order valence-electron chi connectivity index (χ4n) is 3.60. The summed E-state index contributed by atoms with van der Waals surface area (Å²) in [6.07, 6.45) is 8.07. The van der Waals surface area contributed by atoms with E-state index in [1.807, 2.05) is 16.9 Å². The van der Waals surface area contributed by atoms with Crippen molar-refractivity contribution < 1.29 is 12.8 Å². The van der Waals surface area contributed by atoms with Gasteiger partial charge in [-0.2, -0.15) is 5.10 Å². The molecule has 3 rings (SSSR count). The Balaban J connectivity index is 1.58. The molecule has 9 heteroatoms. The lowest BCUT2D eigenvalue weighted by molar-refractivity contribution is 0.462. The van der Waals surface area contributed by atoms with Crippen LogP contribution in [-0.4, -0.2) is 37.5 Å². The van der Waals surface area contributed by atoms with Crippen LogP contribution in [0.4, 0.5) is 4.39 Å². The number of aliphatic imine (C=N–C) groups is 1. The third-order valence-electron chi connectivity index (χ3n) is 5.06. The summed E-state index contributed by atoms with van der Waals surface area (Å²) < 4.78 is 39.0. The van der Waals surface area contributed by atoms with Crippen LogP contribution in [0.3, 0.4) is 0 Å². The van der Waals surface area contributed by atoms with E-state index >= 15 is 0 Å². The fourth-order valence-corrected chi connectivity index (χ4v) is 4.45. The second kappa shape index (κ2) is 9.39. The molecule has 7 nitrogen and oxygen atoms in total. The van der Waals surface area contributed by atoms with Crippen LogP contribution in [0.15, 0.2) is 35.5 Å². The van der Waals surface area contributed by atoms with Gasteiger partial charge in [-0.3, -0.25) is 9.67 Å². The number of hydrogen-bond donors (Lipinski definition) is 2. The number of hydrogen-bond acceptors (Lipinski definition) is 4. The number of sulfone groups is 1. The molecule has 1 saturated carbocycles. The van der Waals surface area contributed by atoms with Gasteiger partial charge in [-0.15, -0.1) is 0 Å². The van der Waals surface area contributed by atoms with Crippen molar-refractivity contribution in [2.75, 3.05) is 13.3 Å². The molecule has 1 aromatic heterocycles. The normalized spacial score (nSPS) is 15.6. The minimum absolute atomic E-state index is 0.130. The number of benzene rings is 1. The van der Waals surface area contributed by atoms with E-state index in [2.05, 4.69) is 20.7 Å². The van der Waals surface area contributed by atoms with E-state index in [9.17, 15) is 12.8 Å². The predicted octanol–water partition coefficient (Wildman–Crippen LogP) is 2.55. The van der Waals surface area contributed by atoms with E-state index in [1.165, 1.54) is 50.1 Å². The molecule has 1 heterocycles. The Morgan fingerprint density at radius 2 is 1.93 bits per heavy atom. The van der Waals surface area contributed by atoms with Crippen LogP contribution in [-0.2, 0) is 28.7 Å². The van der Waals surface area contributed by atoms with Crippen molar-refractivity contribution in [3.05, 3.63) is 53.1 Å². The highest BCUT2D eigenvalue weighted by atomic mass is 32.2. The fraction of sp³-hybridized carbons (Fsp3) is 0.500. The maximum atomic E-state index is 13.7. The predicted molar refractivity (Wildman–Crippen MR) is 112 cm³/mol. The highest BCUT2D eigenvalue weighted by Gasteiger charge is 2.17. The number of nitrogens with zero attached hydrogens (tertiary/aromatic N) is 3. The minimum atomic E-state index is -3.21. The van der Waals surface area contributed by atoms with Crippen molar-refractivity contribution >= 4 is 15.8 Å². The molecule has 1 aliphatic carbocycles. The van der Waals surface area contributed by atoms with Gasteiger partial charge < -0.3 is 10.6 Å². The zero-order valence-electron chi connectivity index (χ0n) is 16.9. The van der Waals surface area contributed by atoms with Gasteiger partial charge in [0.25, 0.3) is 0 Å². The summed E-state index contributed by atoms with van der Waals surface area (Å²) in [6.45, 7) is 0.775. The summed E-state index contributed by atoms with van der Waals surface area (Å²) in [5.41, 5.74) is 2.08. The molecule has 2 N–H and O–H groups in total. The van der Waals surface area contributed by atoms with Crippen molar-refractivity contribution in [3.63, 3.8) is 0 Å². The summed E-state index contributed by atoms with van der Waals surface area (Å²) >= 11 is 0. The Hall–Kier alpha value is -2.42. The van der Waals surface area contributed by atoms with E-state index in [1.54, 1.807) is 7.05 Å². The molecule has 0 bridgehead atoms. The third kappa shape index (κ3) is 6.28. The average molecular weight is 422 g/mol. The van der Waals surface area contributed by atoms with Crippen LogP contribution < -0.4 is 10.6 Å². The molecule has 0 atom stereocenters. The Bertz CT molecular complexity index is 965. The number of nitrogens with one attached hydrogen (secondary N) is 2. The standard InChI is InChI=1S/C20H28FN5O2S/c1-22-20(24-13-18-9-10-26(25-18)19-5-3-4-6-19)23-12-16-11-17(21)8-7-15(16)14-29(2,27)28/h7-11,19H,3-6,12-14H2,1-2H3,(H2,22,23,24). The van der Waals surface area contributed by atoms with Crippen LogP contribution in [0.2, 0.25) is 0 Å². The number of aromatic nitrogens is 2. The van der Waals surface area contributed by atoms with Gasteiger partial charge in [-0.25, -0.2) is 12.8 Å². The molecule has 1 fully saturated rings. The molecule has 1 aromatic carbocycles.